The van der Waals surface area contributed by atoms with Gasteiger partial charge in [-0.05, 0) is 12.0 Å². The Morgan fingerprint density at radius 3 is 2.62 bits per heavy atom. The molecule has 2 unspecified atom stereocenters. The Morgan fingerprint density at radius 2 is 2.00 bits per heavy atom. The Morgan fingerprint density at radius 1 is 1.29 bits per heavy atom. The summed E-state index contributed by atoms with van der Waals surface area (Å²) in [7, 11) is 0. The van der Waals surface area contributed by atoms with Crippen molar-refractivity contribution in [3.05, 3.63) is 35.9 Å². The highest BCUT2D eigenvalue weighted by atomic mass is 16.2. The van der Waals surface area contributed by atoms with Crippen LogP contribution in [0.1, 0.15) is 37.8 Å². The predicted molar refractivity (Wildman–Crippen MR) is 81.2 cm³/mol. The van der Waals surface area contributed by atoms with Gasteiger partial charge in [-0.1, -0.05) is 43.7 Å². The standard InChI is InChI=1S/C17H20N2O2/c1-3-5-12-19-15(13-10-7-6-8-11-13)16(20)18-14(9-4-2)17(19)21/h1,6-8,10-11,14-15H,4-5,9,12H2,2H3,(H,18,20). The number of nitrogens with one attached hydrogen (secondary N) is 1. The smallest absolute Gasteiger partial charge is 0.248 e. The van der Waals surface area contributed by atoms with E-state index in [0.29, 0.717) is 19.4 Å². The summed E-state index contributed by atoms with van der Waals surface area (Å²) in [6.07, 6.45) is 7.25. The number of carbonyl (C=O) groups is 2. The number of benzene rings is 1. The Balaban J connectivity index is 2.31. The van der Waals surface area contributed by atoms with Gasteiger partial charge < -0.3 is 10.2 Å². The molecule has 1 heterocycles. The van der Waals surface area contributed by atoms with Crippen LogP contribution >= 0.6 is 0 Å². The first-order chi connectivity index (χ1) is 10.2. The van der Waals surface area contributed by atoms with Crippen molar-refractivity contribution in [2.24, 2.45) is 0 Å². The second kappa shape index (κ2) is 6.94. The van der Waals surface area contributed by atoms with Crippen molar-refractivity contribution in [2.45, 2.75) is 38.3 Å². The summed E-state index contributed by atoms with van der Waals surface area (Å²) in [6, 6.07) is 8.33. The van der Waals surface area contributed by atoms with Crippen LogP contribution < -0.4 is 5.32 Å². The lowest BCUT2D eigenvalue weighted by atomic mass is 9.97. The van der Waals surface area contributed by atoms with E-state index in [0.717, 1.165) is 12.0 Å². The summed E-state index contributed by atoms with van der Waals surface area (Å²) < 4.78 is 0. The van der Waals surface area contributed by atoms with Crippen LogP contribution in [0.2, 0.25) is 0 Å². The minimum Gasteiger partial charge on any atom is -0.342 e. The van der Waals surface area contributed by atoms with E-state index in [-0.39, 0.29) is 11.8 Å². The van der Waals surface area contributed by atoms with Crippen LogP contribution in [0.3, 0.4) is 0 Å². The third-order valence-corrected chi connectivity index (χ3v) is 3.65. The Kier molecular flexibility index (Phi) is 4.99. The third-order valence-electron chi connectivity index (χ3n) is 3.65. The molecule has 4 nitrogen and oxygen atoms in total. The Labute approximate surface area is 125 Å². The molecule has 1 N–H and O–H groups in total. The molecule has 2 rings (SSSR count). The summed E-state index contributed by atoms with van der Waals surface area (Å²) in [4.78, 5) is 26.7. The lowest BCUT2D eigenvalue weighted by molar-refractivity contribution is -0.149. The van der Waals surface area contributed by atoms with Gasteiger partial charge in [-0.15, -0.1) is 12.3 Å². The van der Waals surface area contributed by atoms with Gasteiger partial charge >= 0.3 is 0 Å². The molecule has 21 heavy (non-hydrogen) atoms. The van der Waals surface area contributed by atoms with Crippen LogP contribution in [0.5, 0.6) is 0 Å². The van der Waals surface area contributed by atoms with Gasteiger partial charge in [-0.2, -0.15) is 0 Å². The van der Waals surface area contributed by atoms with E-state index >= 15 is 0 Å². The highest BCUT2D eigenvalue weighted by Crippen LogP contribution is 2.26. The first kappa shape index (κ1) is 15.1. The lowest BCUT2D eigenvalue weighted by Gasteiger charge is -2.39. The quantitative estimate of drug-likeness (QED) is 0.839. The number of terminal acetylenes is 1. The fourth-order valence-corrected chi connectivity index (χ4v) is 2.66. The molecule has 2 atom stereocenters. The number of piperazine rings is 1. The number of rotatable bonds is 5. The second-order valence-corrected chi connectivity index (χ2v) is 5.15. The van der Waals surface area contributed by atoms with Gasteiger partial charge in [-0.3, -0.25) is 9.59 Å². The van der Waals surface area contributed by atoms with E-state index in [4.69, 9.17) is 6.42 Å². The average Bonchev–Trinajstić information content (AvgIpc) is 2.50. The van der Waals surface area contributed by atoms with Gasteiger partial charge in [0, 0.05) is 13.0 Å². The molecular formula is C17H20N2O2. The van der Waals surface area contributed by atoms with Crippen molar-refractivity contribution in [1.29, 1.82) is 0 Å². The first-order valence-electron chi connectivity index (χ1n) is 7.28. The molecule has 4 heteroatoms. The summed E-state index contributed by atoms with van der Waals surface area (Å²) >= 11 is 0. The van der Waals surface area contributed by atoms with Crippen molar-refractivity contribution >= 4 is 11.8 Å². The molecule has 1 saturated heterocycles. The molecule has 110 valence electrons. The molecule has 0 aromatic heterocycles. The molecule has 1 aromatic rings. The maximum absolute atomic E-state index is 12.6. The van der Waals surface area contributed by atoms with Gasteiger partial charge in [0.05, 0.1) is 0 Å². The largest absolute Gasteiger partial charge is 0.342 e. The number of hydrogen-bond donors (Lipinski definition) is 1. The van der Waals surface area contributed by atoms with Crippen LogP contribution in [0, 0.1) is 12.3 Å². The number of carbonyl (C=O) groups excluding carboxylic acids is 2. The first-order valence-corrected chi connectivity index (χ1v) is 7.28. The van der Waals surface area contributed by atoms with Gasteiger partial charge in [-0.25, -0.2) is 0 Å². The number of amides is 2. The van der Waals surface area contributed by atoms with Crippen molar-refractivity contribution in [2.75, 3.05) is 6.54 Å². The molecule has 2 amide bonds. The second-order valence-electron chi connectivity index (χ2n) is 5.15. The topological polar surface area (TPSA) is 49.4 Å². The number of hydrogen-bond acceptors (Lipinski definition) is 2. The molecule has 0 aliphatic carbocycles. The van der Waals surface area contributed by atoms with E-state index in [1.165, 1.54) is 0 Å². The zero-order chi connectivity index (χ0) is 15.2. The molecule has 1 aliphatic heterocycles. The fraction of sp³-hybridized carbons (Fsp3) is 0.412. The van der Waals surface area contributed by atoms with Crippen molar-refractivity contribution < 1.29 is 9.59 Å². The lowest BCUT2D eigenvalue weighted by Crippen LogP contribution is -2.59. The Hall–Kier alpha value is -2.28. The monoisotopic (exact) mass is 284 g/mol. The zero-order valence-electron chi connectivity index (χ0n) is 12.2. The van der Waals surface area contributed by atoms with Crippen LogP contribution in [0.15, 0.2) is 30.3 Å². The van der Waals surface area contributed by atoms with E-state index in [1.54, 1.807) is 4.90 Å². The highest BCUT2D eigenvalue weighted by Gasteiger charge is 2.40. The summed E-state index contributed by atoms with van der Waals surface area (Å²) in [5.74, 6) is 2.37. The van der Waals surface area contributed by atoms with Crippen molar-refractivity contribution in [3.63, 3.8) is 0 Å². The van der Waals surface area contributed by atoms with E-state index in [2.05, 4.69) is 11.2 Å². The van der Waals surface area contributed by atoms with E-state index in [1.807, 2.05) is 37.3 Å². The molecule has 0 bridgehead atoms. The van der Waals surface area contributed by atoms with E-state index in [9.17, 15) is 9.59 Å². The summed E-state index contributed by atoms with van der Waals surface area (Å²) in [5.41, 5.74) is 0.815. The van der Waals surface area contributed by atoms with Crippen molar-refractivity contribution in [3.8, 4) is 12.3 Å². The van der Waals surface area contributed by atoms with Gasteiger partial charge in [0.1, 0.15) is 12.1 Å². The average molecular weight is 284 g/mol. The normalized spacial score (nSPS) is 21.8. The van der Waals surface area contributed by atoms with Crippen LogP contribution in [0.25, 0.3) is 0 Å². The molecule has 1 aliphatic rings. The molecular weight excluding hydrogens is 264 g/mol. The van der Waals surface area contributed by atoms with Gasteiger partial charge in [0.25, 0.3) is 0 Å². The van der Waals surface area contributed by atoms with Gasteiger partial charge in [0.15, 0.2) is 0 Å². The van der Waals surface area contributed by atoms with Crippen molar-refractivity contribution in [1.82, 2.24) is 10.2 Å². The predicted octanol–water partition coefficient (Wildman–Crippen LogP) is 1.88. The molecule has 1 fully saturated rings. The molecule has 0 saturated carbocycles. The number of nitrogens with zero attached hydrogens (tertiary/aromatic N) is 1. The maximum Gasteiger partial charge on any atom is 0.248 e. The van der Waals surface area contributed by atoms with E-state index < -0.39 is 12.1 Å². The maximum atomic E-state index is 12.6. The summed E-state index contributed by atoms with van der Waals surface area (Å²) in [6.45, 7) is 2.40. The SMILES string of the molecule is C#CCCN1C(=O)C(CCC)NC(=O)C1c1ccccc1. The third kappa shape index (κ3) is 3.25. The minimum atomic E-state index is -0.583. The summed E-state index contributed by atoms with van der Waals surface area (Å²) in [5, 5.41) is 2.84. The fourth-order valence-electron chi connectivity index (χ4n) is 2.66. The van der Waals surface area contributed by atoms with Gasteiger partial charge in [0.2, 0.25) is 11.8 Å². The Bertz CT molecular complexity index is 548. The highest BCUT2D eigenvalue weighted by molar-refractivity contribution is 5.97. The zero-order valence-corrected chi connectivity index (χ0v) is 12.2. The van der Waals surface area contributed by atoms with Crippen LogP contribution in [0.4, 0.5) is 0 Å². The molecule has 0 spiro atoms. The molecule has 0 radical (unpaired) electrons. The minimum absolute atomic E-state index is 0.0412. The molecule has 1 aromatic carbocycles. The van der Waals surface area contributed by atoms with Crippen LogP contribution in [-0.4, -0.2) is 29.3 Å². The van der Waals surface area contributed by atoms with Crippen LogP contribution in [-0.2, 0) is 9.59 Å².